The van der Waals surface area contributed by atoms with Crippen LogP contribution in [0.2, 0.25) is 0 Å². The molecule has 2 heterocycles. The van der Waals surface area contributed by atoms with Gasteiger partial charge in [-0.05, 0) is 53.4 Å². The van der Waals surface area contributed by atoms with Crippen molar-refractivity contribution in [1.29, 1.82) is 0 Å². The summed E-state index contributed by atoms with van der Waals surface area (Å²) in [6.45, 7) is 0.818. The molecule has 0 N–H and O–H groups in total. The predicted octanol–water partition coefficient (Wildman–Crippen LogP) is 5.21. The molecular weight excluding hydrogens is 338 g/mol. The molecule has 0 saturated carbocycles. The van der Waals surface area contributed by atoms with E-state index in [0.717, 1.165) is 44.8 Å². The molecule has 0 radical (unpaired) electrons. The minimum Gasteiger partial charge on any atom is -0.489 e. The van der Waals surface area contributed by atoms with E-state index in [1.54, 1.807) is 0 Å². The highest BCUT2D eigenvalue weighted by atomic mass is 16.7. The van der Waals surface area contributed by atoms with Gasteiger partial charge in [0.25, 0.3) is 0 Å². The van der Waals surface area contributed by atoms with Gasteiger partial charge in [-0.15, -0.1) is 0 Å². The zero-order valence-corrected chi connectivity index (χ0v) is 14.6. The van der Waals surface area contributed by atoms with Crippen LogP contribution in [0.4, 0.5) is 0 Å². The number of benzene rings is 3. The van der Waals surface area contributed by atoms with Gasteiger partial charge in [-0.1, -0.05) is 30.3 Å². The van der Waals surface area contributed by atoms with Crippen molar-refractivity contribution in [2.24, 2.45) is 0 Å². The van der Waals surface area contributed by atoms with Crippen LogP contribution >= 0.6 is 0 Å². The largest absolute Gasteiger partial charge is 0.489 e. The molecule has 4 heteroatoms. The average Bonchev–Trinajstić information content (AvgIpc) is 3.19. The van der Waals surface area contributed by atoms with E-state index < -0.39 is 0 Å². The van der Waals surface area contributed by atoms with Crippen LogP contribution in [-0.2, 0) is 6.61 Å². The number of ether oxygens (including phenoxy) is 3. The van der Waals surface area contributed by atoms with E-state index in [0.29, 0.717) is 6.61 Å². The molecule has 0 aliphatic carbocycles. The lowest BCUT2D eigenvalue weighted by Crippen LogP contribution is -1.95. The number of nitrogens with zero attached hydrogens (tertiary/aromatic N) is 1. The number of aromatic nitrogens is 1. The summed E-state index contributed by atoms with van der Waals surface area (Å²) in [5.74, 6) is 2.38. The summed E-state index contributed by atoms with van der Waals surface area (Å²) in [6, 6.07) is 24.1. The topological polar surface area (TPSA) is 40.6 Å². The van der Waals surface area contributed by atoms with Crippen molar-refractivity contribution in [2.45, 2.75) is 6.61 Å². The smallest absolute Gasteiger partial charge is 0.231 e. The normalized spacial score (nSPS) is 12.3. The Kier molecular flexibility index (Phi) is 3.87. The maximum atomic E-state index is 5.87. The molecule has 0 unspecified atom stereocenters. The van der Waals surface area contributed by atoms with Crippen LogP contribution in [0.3, 0.4) is 0 Å². The molecule has 0 fully saturated rings. The maximum absolute atomic E-state index is 5.87. The highest BCUT2D eigenvalue weighted by Crippen LogP contribution is 2.38. The van der Waals surface area contributed by atoms with Gasteiger partial charge in [0.05, 0.1) is 5.69 Å². The van der Waals surface area contributed by atoms with Gasteiger partial charge in [-0.2, -0.15) is 0 Å². The van der Waals surface area contributed by atoms with Crippen LogP contribution in [0, 0.1) is 0 Å². The second-order valence-corrected chi connectivity index (χ2v) is 6.38. The Hall–Kier alpha value is -3.53. The number of rotatable bonds is 4. The van der Waals surface area contributed by atoms with Gasteiger partial charge >= 0.3 is 0 Å². The SMILES string of the molecule is c1ccc(COc2ccc(-c3nccc4cc5c(cc34)OCO5)cc2)cc1. The second-order valence-electron chi connectivity index (χ2n) is 6.38. The minimum atomic E-state index is 0.266. The van der Waals surface area contributed by atoms with Crippen molar-refractivity contribution in [3.8, 4) is 28.5 Å². The molecule has 1 aliphatic rings. The van der Waals surface area contributed by atoms with Gasteiger partial charge in [0.1, 0.15) is 12.4 Å². The molecule has 1 aliphatic heterocycles. The summed E-state index contributed by atoms with van der Waals surface area (Å²) in [5, 5.41) is 2.12. The Labute approximate surface area is 157 Å². The number of hydrogen-bond donors (Lipinski definition) is 0. The lowest BCUT2D eigenvalue weighted by atomic mass is 10.0. The third kappa shape index (κ3) is 3.06. The summed E-state index contributed by atoms with van der Waals surface area (Å²) in [7, 11) is 0. The van der Waals surface area contributed by atoms with Crippen LogP contribution < -0.4 is 14.2 Å². The number of fused-ring (bicyclic) bond motifs is 2. The Morgan fingerprint density at radius 3 is 2.44 bits per heavy atom. The molecule has 0 amide bonds. The molecule has 4 nitrogen and oxygen atoms in total. The third-order valence-corrected chi connectivity index (χ3v) is 4.63. The van der Waals surface area contributed by atoms with Gasteiger partial charge in [-0.25, -0.2) is 0 Å². The summed E-state index contributed by atoms with van der Waals surface area (Å²) < 4.78 is 16.9. The second kappa shape index (κ2) is 6.65. The summed E-state index contributed by atoms with van der Waals surface area (Å²) in [6.07, 6.45) is 1.82. The first kappa shape index (κ1) is 15.7. The van der Waals surface area contributed by atoms with Crippen molar-refractivity contribution in [3.05, 3.63) is 84.6 Å². The quantitative estimate of drug-likeness (QED) is 0.504. The summed E-state index contributed by atoms with van der Waals surface area (Å²) in [5.41, 5.74) is 3.10. The van der Waals surface area contributed by atoms with E-state index >= 15 is 0 Å². The first-order valence-electron chi connectivity index (χ1n) is 8.82. The van der Waals surface area contributed by atoms with Crippen molar-refractivity contribution in [3.63, 3.8) is 0 Å². The molecule has 5 rings (SSSR count). The average molecular weight is 355 g/mol. The number of pyridine rings is 1. The molecule has 0 atom stereocenters. The monoisotopic (exact) mass is 355 g/mol. The lowest BCUT2D eigenvalue weighted by molar-refractivity contribution is 0.174. The first-order valence-corrected chi connectivity index (χ1v) is 8.82. The summed E-state index contributed by atoms with van der Waals surface area (Å²) >= 11 is 0. The van der Waals surface area contributed by atoms with E-state index in [9.17, 15) is 0 Å². The molecule has 1 aromatic heterocycles. The Morgan fingerprint density at radius 1 is 0.852 bits per heavy atom. The molecule has 132 valence electrons. The minimum absolute atomic E-state index is 0.266. The molecule has 0 spiro atoms. The predicted molar refractivity (Wildman–Crippen MR) is 104 cm³/mol. The van der Waals surface area contributed by atoms with Crippen molar-refractivity contribution >= 4 is 10.8 Å². The van der Waals surface area contributed by atoms with Crippen LogP contribution in [0.1, 0.15) is 5.56 Å². The zero-order valence-electron chi connectivity index (χ0n) is 14.6. The van der Waals surface area contributed by atoms with Gasteiger partial charge in [-0.3, -0.25) is 4.98 Å². The highest BCUT2D eigenvalue weighted by molar-refractivity contribution is 5.96. The van der Waals surface area contributed by atoms with Crippen molar-refractivity contribution in [1.82, 2.24) is 4.98 Å². The molecule has 0 saturated heterocycles. The van der Waals surface area contributed by atoms with Crippen LogP contribution in [0.15, 0.2) is 79.0 Å². The number of hydrogen-bond acceptors (Lipinski definition) is 4. The Bertz CT molecular complexity index is 1090. The van der Waals surface area contributed by atoms with E-state index in [1.165, 1.54) is 0 Å². The van der Waals surface area contributed by atoms with E-state index in [1.807, 2.05) is 66.9 Å². The van der Waals surface area contributed by atoms with Gasteiger partial charge < -0.3 is 14.2 Å². The lowest BCUT2D eigenvalue weighted by Gasteiger charge is -2.09. The van der Waals surface area contributed by atoms with Crippen LogP contribution in [0.25, 0.3) is 22.0 Å². The van der Waals surface area contributed by atoms with E-state index in [4.69, 9.17) is 14.2 Å². The molecule has 4 aromatic rings. The standard InChI is InChI=1S/C23H17NO3/c1-2-4-16(5-3-1)14-25-19-8-6-17(7-9-19)23-20-13-22-21(26-15-27-22)12-18(20)10-11-24-23/h1-13H,14-15H2. The Balaban J connectivity index is 1.43. The zero-order chi connectivity index (χ0) is 18.1. The van der Waals surface area contributed by atoms with Crippen molar-refractivity contribution < 1.29 is 14.2 Å². The van der Waals surface area contributed by atoms with E-state index in [2.05, 4.69) is 17.1 Å². The fourth-order valence-electron chi connectivity index (χ4n) is 3.24. The fraction of sp³-hybridized carbons (Fsp3) is 0.0870. The van der Waals surface area contributed by atoms with Crippen LogP contribution in [-0.4, -0.2) is 11.8 Å². The Morgan fingerprint density at radius 2 is 1.63 bits per heavy atom. The molecule has 3 aromatic carbocycles. The van der Waals surface area contributed by atoms with Gasteiger partial charge in [0.2, 0.25) is 6.79 Å². The van der Waals surface area contributed by atoms with Gasteiger partial charge in [0, 0.05) is 17.1 Å². The third-order valence-electron chi connectivity index (χ3n) is 4.63. The molecular formula is C23H17NO3. The summed E-state index contributed by atoms with van der Waals surface area (Å²) in [4.78, 5) is 4.59. The molecule has 0 bridgehead atoms. The van der Waals surface area contributed by atoms with Crippen LogP contribution in [0.5, 0.6) is 17.2 Å². The highest BCUT2D eigenvalue weighted by Gasteiger charge is 2.16. The molecule has 27 heavy (non-hydrogen) atoms. The van der Waals surface area contributed by atoms with E-state index in [-0.39, 0.29) is 6.79 Å². The maximum Gasteiger partial charge on any atom is 0.231 e. The van der Waals surface area contributed by atoms with Gasteiger partial charge in [0.15, 0.2) is 11.5 Å². The fourth-order valence-corrected chi connectivity index (χ4v) is 3.24. The first-order chi connectivity index (χ1) is 13.4. The van der Waals surface area contributed by atoms with Crippen molar-refractivity contribution in [2.75, 3.05) is 6.79 Å².